The number of nitrogens with zero attached hydrogens (tertiary/aromatic N) is 1. The van der Waals surface area contributed by atoms with Crippen LogP contribution in [0.3, 0.4) is 0 Å². The summed E-state index contributed by atoms with van der Waals surface area (Å²) < 4.78 is 12.3. The molecule has 2 aliphatic rings. The number of hydrogen-bond acceptors (Lipinski definition) is 4. The first-order chi connectivity index (χ1) is 11.9. The number of aliphatic hydroxyl groups excluding tert-OH is 1. The standard InChI is InChI=1S/C21H23NO3/c1-15(23)20(18-22-19(2,3)14-24-18)21(25-20,16-10-6-4-7-11-16)17-12-8-5-9-13-17/h4-13,15,23H,14H2,1-3H3/t15-,20-/m1/s1. The van der Waals surface area contributed by atoms with E-state index in [0.717, 1.165) is 11.1 Å². The largest absolute Gasteiger partial charge is 0.476 e. The summed E-state index contributed by atoms with van der Waals surface area (Å²) in [7, 11) is 0. The number of benzene rings is 2. The summed E-state index contributed by atoms with van der Waals surface area (Å²) in [5.74, 6) is 0.486. The Bertz CT molecular complexity index is 759. The third-order valence-electron chi connectivity index (χ3n) is 5.03. The minimum atomic E-state index is -1.01. The van der Waals surface area contributed by atoms with Crippen LogP contribution in [0.5, 0.6) is 0 Å². The van der Waals surface area contributed by atoms with Crippen molar-refractivity contribution in [2.45, 2.75) is 43.6 Å². The highest BCUT2D eigenvalue weighted by molar-refractivity contribution is 5.94. The smallest absolute Gasteiger partial charge is 0.224 e. The molecule has 0 aromatic heterocycles. The molecule has 2 heterocycles. The second-order valence-electron chi connectivity index (χ2n) is 7.44. The zero-order valence-electron chi connectivity index (χ0n) is 14.8. The number of hydrogen-bond donors (Lipinski definition) is 1. The average molecular weight is 337 g/mol. The molecule has 2 aromatic carbocycles. The van der Waals surface area contributed by atoms with Crippen molar-refractivity contribution in [1.82, 2.24) is 0 Å². The zero-order chi connectivity index (χ0) is 17.7. The van der Waals surface area contributed by atoms with Gasteiger partial charge in [-0.25, -0.2) is 4.99 Å². The van der Waals surface area contributed by atoms with Gasteiger partial charge in [-0.05, 0) is 31.9 Å². The van der Waals surface area contributed by atoms with Crippen molar-refractivity contribution in [3.63, 3.8) is 0 Å². The van der Waals surface area contributed by atoms with Gasteiger partial charge in [0, 0.05) is 0 Å². The highest BCUT2D eigenvalue weighted by atomic mass is 16.7. The summed E-state index contributed by atoms with van der Waals surface area (Å²) >= 11 is 0. The van der Waals surface area contributed by atoms with Crippen LogP contribution in [0.4, 0.5) is 0 Å². The second-order valence-corrected chi connectivity index (χ2v) is 7.44. The van der Waals surface area contributed by atoms with Crippen LogP contribution >= 0.6 is 0 Å². The second kappa shape index (κ2) is 5.41. The molecular weight excluding hydrogens is 314 g/mol. The van der Waals surface area contributed by atoms with Crippen LogP contribution in [0, 0.1) is 0 Å². The van der Waals surface area contributed by atoms with Gasteiger partial charge in [-0.3, -0.25) is 0 Å². The average Bonchev–Trinajstić information content (AvgIpc) is 3.22. The highest BCUT2D eigenvalue weighted by Crippen LogP contribution is 2.63. The summed E-state index contributed by atoms with van der Waals surface area (Å²) in [5, 5.41) is 10.7. The van der Waals surface area contributed by atoms with Gasteiger partial charge in [0.05, 0.1) is 11.6 Å². The van der Waals surface area contributed by atoms with E-state index in [1.165, 1.54) is 0 Å². The Morgan fingerprint density at radius 3 is 1.88 bits per heavy atom. The molecule has 0 radical (unpaired) electrons. The molecule has 4 nitrogen and oxygen atoms in total. The predicted octanol–water partition coefficient (Wildman–Crippen LogP) is 3.29. The van der Waals surface area contributed by atoms with Gasteiger partial charge in [-0.1, -0.05) is 60.7 Å². The van der Waals surface area contributed by atoms with Crippen molar-refractivity contribution in [2.24, 2.45) is 4.99 Å². The molecule has 0 saturated carbocycles. The number of epoxide rings is 1. The Balaban J connectivity index is 1.92. The van der Waals surface area contributed by atoms with Crippen molar-refractivity contribution in [3.8, 4) is 0 Å². The monoisotopic (exact) mass is 337 g/mol. The Morgan fingerprint density at radius 1 is 0.960 bits per heavy atom. The fraction of sp³-hybridized carbons (Fsp3) is 0.381. The van der Waals surface area contributed by atoms with E-state index >= 15 is 0 Å². The van der Waals surface area contributed by atoms with Crippen LogP contribution in [0.25, 0.3) is 0 Å². The minimum absolute atomic E-state index is 0.317. The molecule has 2 aliphatic heterocycles. The molecule has 0 bridgehead atoms. The molecular formula is C21H23NO3. The number of rotatable bonds is 4. The first-order valence-electron chi connectivity index (χ1n) is 8.65. The van der Waals surface area contributed by atoms with E-state index in [-0.39, 0.29) is 5.54 Å². The van der Waals surface area contributed by atoms with Gasteiger partial charge >= 0.3 is 0 Å². The molecule has 2 atom stereocenters. The van der Waals surface area contributed by atoms with Crippen LogP contribution < -0.4 is 0 Å². The quantitative estimate of drug-likeness (QED) is 0.871. The summed E-state index contributed by atoms with van der Waals surface area (Å²) in [4.78, 5) is 4.73. The topological polar surface area (TPSA) is 54.4 Å². The maximum Gasteiger partial charge on any atom is 0.224 e. The van der Waals surface area contributed by atoms with E-state index in [4.69, 9.17) is 14.5 Å². The van der Waals surface area contributed by atoms with Crippen molar-refractivity contribution >= 4 is 5.90 Å². The fourth-order valence-corrected chi connectivity index (χ4v) is 3.80. The maximum absolute atomic E-state index is 10.7. The lowest BCUT2D eigenvalue weighted by Gasteiger charge is -2.23. The van der Waals surface area contributed by atoms with Crippen LogP contribution in [-0.4, -0.2) is 34.9 Å². The molecule has 25 heavy (non-hydrogen) atoms. The van der Waals surface area contributed by atoms with Crippen molar-refractivity contribution in [3.05, 3.63) is 71.8 Å². The third kappa shape index (κ3) is 2.25. The number of aliphatic imine (C=N–C) groups is 1. The lowest BCUT2D eigenvalue weighted by molar-refractivity contribution is 0.110. The lowest BCUT2D eigenvalue weighted by atomic mass is 9.78. The molecule has 1 fully saturated rings. The summed E-state index contributed by atoms with van der Waals surface area (Å²) in [6.07, 6.45) is -0.777. The molecule has 4 heteroatoms. The van der Waals surface area contributed by atoms with Gasteiger partial charge in [0.2, 0.25) is 11.5 Å². The molecule has 4 rings (SSSR count). The first kappa shape index (κ1) is 16.3. The number of ether oxygens (including phenoxy) is 2. The van der Waals surface area contributed by atoms with E-state index in [1.54, 1.807) is 6.92 Å². The van der Waals surface area contributed by atoms with E-state index in [0.29, 0.717) is 12.5 Å². The van der Waals surface area contributed by atoms with Gasteiger partial charge in [0.25, 0.3) is 0 Å². The van der Waals surface area contributed by atoms with Crippen molar-refractivity contribution in [1.29, 1.82) is 0 Å². The lowest BCUT2D eigenvalue weighted by Crippen LogP contribution is -2.43. The molecule has 0 unspecified atom stereocenters. The normalized spacial score (nSPS) is 27.3. The van der Waals surface area contributed by atoms with Gasteiger partial charge in [0.1, 0.15) is 6.61 Å². The van der Waals surface area contributed by atoms with Gasteiger partial charge < -0.3 is 14.6 Å². The molecule has 0 amide bonds. The summed E-state index contributed by atoms with van der Waals surface area (Å²) in [5.41, 5.74) is -0.162. The third-order valence-corrected chi connectivity index (χ3v) is 5.03. The molecule has 2 aromatic rings. The Kier molecular flexibility index (Phi) is 3.53. The summed E-state index contributed by atoms with van der Waals surface area (Å²) in [6.45, 7) is 6.26. The van der Waals surface area contributed by atoms with E-state index in [2.05, 4.69) is 0 Å². The van der Waals surface area contributed by atoms with Gasteiger partial charge in [-0.15, -0.1) is 0 Å². The Morgan fingerprint density at radius 2 is 1.48 bits per heavy atom. The maximum atomic E-state index is 10.7. The molecule has 1 N–H and O–H groups in total. The molecule has 0 spiro atoms. The molecule has 130 valence electrons. The van der Waals surface area contributed by atoms with E-state index in [9.17, 15) is 5.11 Å². The Labute approximate surface area is 148 Å². The zero-order valence-corrected chi connectivity index (χ0v) is 14.8. The van der Waals surface area contributed by atoms with Crippen LogP contribution in [-0.2, 0) is 15.1 Å². The van der Waals surface area contributed by atoms with Crippen LogP contribution in [0.15, 0.2) is 65.7 Å². The van der Waals surface area contributed by atoms with Crippen LogP contribution in [0.2, 0.25) is 0 Å². The SMILES string of the molecule is C[C@@H](O)[C@]1(C2=NC(C)(C)CO2)OC1(c1ccccc1)c1ccccc1. The first-order valence-corrected chi connectivity index (χ1v) is 8.65. The van der Waals surface area contributed by atoms with Crippen molar-refractivity contribution < 1.29 is 14.6 Å². The highest BCUT2D eigenvalue weighted by Gasteiger charge is 2.79. The fourth-order valence-electron chi connectivity index (χ4n) is 3.80. The van der Waals surface area contributed by atoms with Crippen LogP contribution in [0.1, 0.15) is 31.9 Å². The van der Waals surface area contributed by atoms with E-state index in [1.807, 2.05) is 74.5 Å². The van der Waals surface area contributed by atoms with Crippen molar-refractivity contribution in [2.75, 3.05) is 6.61 Å². The number of aliphatic hydroxyl groups is 1. The predicted molar refractivity (Wildman–Crippen MR) is 96.6 cm³/mol. The Hall–Kier alpha value is -2.17. The minimum Gasteiger partial charge on any atom is -0.476 e. The summed E-state index contributed by atoms with van der Waals surface area (Å²) in [6, 6.07) is 20.0. The molecule has 0 aliphatic carbocycles. The van der Waals surface area contributed by atoms with E-state index < -0.39 is 17.3 Å². The molecule has 1 saturated heterocycles. The van der Waals surface area contributed by atoms with Gasteiger partial charge in [0.15, 0.2) is 5.60 Å². The van der Waals surface area contributed by atoms with Gasteiger partial charge in [-0.2, -0.15) is 0 Å².